The molecule has 1 spiro atoms. The highest BCUT2D eigenvalue weighted by molar-refractivity contribution is 6.12. The van der Waals surface area contributed by atoms with Gasteiger partial charge in [-0.2, -0.15) is 0 Å². The minimum Gasteiger partial charge on any atom is -0.307 e. The Balaban J connectivity index is 1.31. The van der Waals surface area contributed by atoms with Gasteiger partial charge >= 0.3 is 5.66 Å². The number of rotatable bonds is 2. The predicted octanol–water partition coefficient (Wildman–Crippen LogP) is 7.75. The van der Waals surface area contributed by atoms with Crippen molar-refractivity contribution in [1.82, 2.24) is 13.9 Å². The van der Waals surface area contributed by atoms with Gasteiger partial charge in [-0.05, 0) is 70.2 Å². The largest absolute Gasteiger partial charge is 0.466 e. The monoisotopic (exact) mass is 593 g/mol. The van der Waals surface area contributed by atoms with Gasteiger partial charge in [0.05, 0.1) is 33.7 Å². The van der Waals surface area contributed by atoms with Crippen LogP contribution in [0.4, 0.5) is 0 Å². The van der Waals surface area contributed by atoms with Crippen LogP contribution in [0.15, 0.2) is 115 Å². The van der Waals surface area contributed by atoms with Crippen molar-refractivity contribution >= 4 is 21.8 Å². The Morgan fingerprint density at radius 3 is 2.07 bits per heavy atom. The zero-order chi connectivity index (χ0) is 30.6. The minimum atomic E-state index is -0.569. The maximum absolute atomic E-state index is 2.62. The molecule has 0 fully saturated rings. The molecule has 5 heteroatoms. The summed E-state index contributed by atoms with van der Waals surface area (Å²) in [5.74, 6) is 0. The molecule has 3 aliphatic heterocycles. The van der Waals surface area contributed by atoms with E-state index in [4.69, 9.17) is 0 Å². The lowest BCUT2D eigenvalue weighted by Crippen LogP contribution is -2.76. The molecule has 0 saturated heterocycles. The molecular weight excluding hydrogens is 562 g/mol. The smallest absolute Gasteiger partial charge is 0.307 e. The van der Waals surface area contributed by atoms with E-state index in [1.165, 1.54) is 95.0 Å². The first-order valence-corrected chi connectivity index (χ1v) is 16.2. The molecule has 0 N–H and O–H groups in total. The van der Waals surface area contributed by atoms with Crippen molar-refractivity contribution in [3.05, 3.63) is 149 Å². The van der Waals surface area contributed by atoms with E-state index < -0.39 is 5.66 Å². The summed E-state index contributed by atoms with van der Waals surface area (Å²) in [6.07, 6.45) is 0. The average molecular weight is 594 g/mol. The van der Waals surface area contributed by atoms with Crippen molar-refractivity contribution in [2.45, 2.75) is 33.4 Å². The van der Waals surface area contributed by atoms with Crippen molar-refractivity contribution in [3.63, 3.8) is 0 Å². The van der Waals surface area contributed by atoms with Crippen LogP contribution in [-0.4, -0.2) is 13.9 Å². The van der Waals surface area contributed by atoms with Crippen LogP contribution in [-0.2, 0) is 5.66 Å². The maximum atomic E-state index is 2.62. The Morgan fingerprint density at radius 1 is 0.543 bits per heavy atom. The minimum absolute atomic E-state index is 0.569. The van der Waals surface area contributed by atoms with Gasteiger partial charge in [0.1, 0.15) is 11.4 Å². The van der Waals surface area contributed by atoms with Crippen LogP contribution < -0.4 is 9.36 Å². The van der Waals surface area contributed by atoms with E-state index >= 15 is 0 Å². The molecule has 5 nitrogen and oxygen atoms in total. The molecule has 0 aliphatic carbocycles. The van der Waals surface area contributed by atoms with E-state index in [0.717, 1.165) is 0 Å². The third-order valence-electron chi connectivity index (χ3n) is 11.0. The molecule has 0 bridgehead atoms. The number of aromatic nitrogens is 5. The third kappa shape index (κ3) is 2.49. The number of aryl methyl sites for hydroxylation is 2. The van der Waals surface area contributed by atoms with Gasteiger partial charge < -0.3 is 4.57 Å². The highest BCUT2D eigenvalue weighted by Gasteiger charge is 2.74. The normalized spacial score (nSPS) is 16.3. The molecule has 11 rings (SSSR count). The molecule has 218 valence electrons. The van der Waals surface area contributed by atoms with Gasteiger partial charge in [0.15, 0.2) is 11.1 Å². The fourth-order valence-corrected chi connectivity index (χ4v) is 9.47. The summed E-state index contributed by atoms with van der Waals surface area (Å²) in [5.41, 5.74) is 18.5. The van der Waals surface area contributed by atoms with Crippen LogP contribution >= 0.6 is 0 Å². The van der Waals surface area contributed by atoms with Crippen molar-refractivity contribution in [1.29, 1.82) is 0 Å². The van der Waals surface area contributed by atoms with Gasteiger partial charge in [0, 0.05) is 30.7 Å². The van der Waals surface area contributed by atoms with Crippen LogP contribution in [0.25, 0.3) is 61.1 Å². The summed E-state index contributed by atoms with van der Waals surface area (Å²) in [6.45, 7) is 9.13. The number of benzene rings is 5. The van der Waals surface area contributed by atoms with Crippen LogP contribution in [0.2, 0.25) is 0 Å². The summed E-state index contributed by atoms with van der Waals surface area (Å²) >= 11 is 0. The summed E-state index contributed by atoms with van der Waals surface area (Å²) in [5, 5.41) is 2.61. The molecule has 6 heterocycles. The van der Waals surface area contributed by atoms with Crippen LogP contribution in [0, 0.1) is 27.7 Å². The van der Waals surface area contributed by atoms with E-state index in [9.17, 15) is 0 Å². The fourth-order valence-electron chi connectivity index (χ4n) is 9.47. The first-order chi connectivity index (χ1) is 22.5. The second-order valence-electron chi connectivity index (χ2n) is 13.2. The number of para-hydroxylation sites is 1. The number of nitrogens with zero attached hydrogens (tertiary/aromatic N) is 5. The molecule has 0 amide bonds. The van der Waals surface area contributed by atoms with Gasteiger partial charge in [0.2, 0.25) is 11.4 Å². The lowest BCUT2D eigenvalue weighted by molar-refractivity contribution is -1.02. The summed E-state index contributed by atoms with van der Waals surface area (Å²) in [7, 11) is 0. The van der Waals surface area contributed by atoms with Gasteiger partial charge in [-0.3, -0.25) is 0 Å². The molecule has 3 aromatic heterocycles. The van der Waals surface area contributed by atoms with Crippen LogP contribution in [0.1, 0.15) is 33.9 Å². The SMILES string of the molecule is Cc1cc(C)[n+]2n1-c1cccc3c1C21c2c(ccc4c5ccccc5n-3c24)-n2c(C)c(-c3ccc(-c4ccccc4)cc3)c(C)[n+]21. The average Bonchev–Trinajstić information content (AvgIpc) is 3.83. The van der Waals surface area contributed by atoms with E-state index in [1.54, 1.807) is 0 Å². The fraction of sp³-hybridized carbons (Fsp3) is 0.122. The highest BCUT2D eigenvalue weighted by Crippen LogP contribution is 2.54. The maximum Gasteiger partial charge on any atom is 0.466 e. The van der Waals surface area contributed by atoms with Crippen molar-refractivity contribution in [3.8, 4) is 39.3 Å². The quantitative estimate of drug-likeness (QED) is 0.183. The predicted molar refractivity (Wildman–Crippen MR) is 181 cm³/mol. The third-order valence-corrected chi connectivity index (χ3v) is 11.0. The zero-order valence-corrected chi connectivity index (χ0v) is 26.2. The Kier molecular flexibility index (Phi) is 4.24. The number of hydrogen-bond acceptors (Lipinski definition) is 0. The number of fused-ring (bicyclic) bond motifs is 8. The molecular formula is C41H31N5+2. The second-order valence-corrected chi connectivity index (χ2v) is 13.2. The Bertz CT molecular complexity index is 2660. The Morgan fingerprint density at radius 2 is 1.24 bits per heavy atom. The molecule has 0 saturated carbocycles. The van der Waals surface area contributed by atoms with Gasteiger partial charge in [0.25, 0.3) is 0 Å². The van der Waals surface area contributed by atoms with E-state index in [-0.39, 0.29) is 0 Å². The van der Waals surface area contributed by atoms with Gasteiger partial charge in [-0.1, -0.05) is 78.9 Å². The first-order valence-electron chi connectivity index (χ1n) is 16.2. The topological polar surface area (TPSA) is 22.5 Å². The Labute approximate surface area is 266 Å². The lowest BCUT2D eigenvalue weighted by atomic mass is 9.84. The molecule has 5 aromatic carbocycles. The van der Waals surface area contributed by atoms with Crippen molar-refractivity contribution in [2.24, 2.45) is 0 Å². The lowest BCUT2D eigenvalue weighted by Gasteiger charge is -2.23. The molecule has 3 aliphatic rings. The van der Waals surface area contributed by atoms with Crippen LogP contribution in [0.5, 0.6) is 0 Å². The first kappa shape index (κ1) is 24.6. The molecule has 0 radical (unpaired) electrons. The Hall–Kier alpha value is -5.68. The summed E-state index contributed by atoms with van der Waals surface area (Å²) in [6, 6.07) is 42.6. The molecule has 8 aromatic rings. The van der Waals surface area contributed by atoms with E-state index in [1.807, 2.05) is 0 Å². The second kappa shape index (κ2) is 7.93. The van der Waals surface area contributed by atoms with Gasteiger partial charge in [-0.15, -0.1) is 9.36 Å². The summed E-state index contributed by atoms with van der Waals surface area (Å²) < 4.78 is 12.7. The van der Waals surface area contributed by atoms with Gasteiger partial charge in [-0.25, -0.2) is 0 Å². The van der Waals surface area contributed by atoms with E-state index in [0.29, 0.717) is 0 Å². The van der Waals surface area contributed by atoms with Crippen molar-refractivity contribution in [2.75, 3.05) is 0 Å². The molecule has 1 atom stereocenters. The standard InChI is InChI=1S/C41H31N5/c1-24-23-25(2)45-41-38-34(15-10-16-35(38)43(24)45)42-33-14-9-8-13-31(33)32-21-22-36(39(41)40(32)42)44-26(3)37(27(4)46(41)44)30-19-17-29(18-20-30)28-11-6-5-7-12-28/h5-23H,1-4H3/q+2. The summed E-state index contributed by atoms with van der Waals surface area (Å²) in [4.78, 5) is 0. The zero-order valence-electron chi connectivity index (χ0n) is 26.2. The molecule has 1 unspecified atom stereocenters. The number of hydrogen-bond donors (Lipinski definition) is 0. The highest BCUT2D eigenvalue weighted by atomic mass is 15.6. The van der Waals surface area contributed by atoms with Crippen LogP contribution in [0.3, 0.4) is 0 Å². The molecule has 46 heavy (non-hydrogen) atoms. The van der Waals surface area contributed by atoms with E-state index in [2.05, 4.69) is 166 Å². The van der Waals surface area contributed by atoms with Crippen molar-refractivity contribution < 1.29 is 9.36 Å².